The van der Waals surface area contributed by atoms with E-state index in [4.69, 9.17) is 9.26 Å². The standard InChI is InChI=1S/C20H20N2O4/c1-22(20(24)12-11-18-13-19(23)21-26-18)14-15-7-9-17(10-8-15)25-16-5-3-2-4-6-16/h2-10,13H,11-12,14H2,1H3,(H,21,23). The quantitative estimate of drug-likeness (QED) is 0.707. The first kappa shape index (κ1) is 17.5. The summed E-state index contributed by atoms with van der Waals surface area (Å²) in [6, 6.07) is 18.6. The summed E-state index contributed by atoms with van der Waals surface area (Å²) in [6.45, 7) is 0.502. The molecule has 0 aliphatic rings. The molecule has 0 aliphatic carbocycles. The molecule has 0 atom stereocenters. The molecule has 1 N–H and O–H groups in total. The second-order valence-corrected chi connectivity index (χ2v) is 5.99. The molecular weight excluding hydrogens is 332 g/mol. The van der Waals surface area contributed by atoms with Crippen molar-refractivity contribution < 1.29 is 14.1 Å². The Morgan fingerprint density at radius 1 is 1.08 bits per heavy atom. The van der Waals surface area contributed by atoms with Crippen molar-refractivity contribution in [1.29, 1.82) is 0 Å². The van der Waals surface area contributed by atoms with Crippen molar-refractivity contribution in [1.82, 2.24) is 10.1 Å². The number of nitrogens with zero attached hydrogens (tertiary/aromatic N) is 1. The number of aromatic amines is 1. The summed E-state index contributed by atoms with van der Waals surface area (Å²) in [4.78, 5) is 24.9. The van der Waals surface area contributed by atoms with Gasteiger partial charge in [-0.25, -0.2) is 0 Å². The number of rotatable bonds is 7. The van der Waals surface area contributed by atoms with Gasteiger partial charge < -0.3 is 14.2 Å². The number of nitrogens with one attached hydrogen (secondary N) is 1. The van der Waals surface area contributed by atoms with Crippen LogP contribution in [0.4, 0.5) is 0 Å². The number of carbonyl (C=O) groups excluding carboxylic acids is 1. The zero-order valence-corrected chi connectivity index (χ0v) is 14.5. The molecule has 0 bridgehead atoms. The Morgan fingerprint density at radius 2 is 1.77 bits per heavy atom. The molecular formula is C20H20N2O4. The van der Waals surface area contributed by atoms with Gasteiger partial charge in [-0.05, 0) is 29.8 Å². The van der Waals surface area contributed by atoms with E-state index in [1.54, 1.807) is 11.9 Å². The molecule has 0 spiro atoms. The topological polar surface area (TPSA) is 75.5 Å². The van der Waals surface area contributed by atoms with Crippen molar-refractivity contribution in [3.63, 3.8) is 0 Å². The molecule has 0 unspecified atom stereocenters. The minimum Gasteiger partial charge on any atom is -0.457 e. The van der Waals surface area contributed by atoms with E-state index in [-0.39, 0.29) is 17.9 Å². The molecule has 3 aromatic rings. The van der Waals surface area contributed by atoms with Gasteiger partial charge in [0.05, 0.1) is 0 Å². The number of aromatic nitrogens is 1. The Labute approximate surface area is 151 Å². The van der Waals surface area contributed by atoms with E-state index < -0.39 is 0 Å². The van der Waals surface area contributed by atoms with Crippen LogP contribution in [0.15, 0.2) is 70.0 Å². The highest BCUT2D eigenvalue weighted by atomic mass is 16.5. The van der Waals surface area contributed by atoms with E-state index >= 15 is 0 Å². The van der Waals surface area contributed by atoms with E-state index in [2.05, 4.69) is 5.16 Å². The summed E-state index contributed by atoms with van der Waals surface area (Å²) in [5.41, 5.74) is 0.716. The van der Waals surface area contributed by atoms with Gasteiger partial charge in [0.15, 0.2) is 0 Å². The number of benzene rings is 2. The number of H-pyrrole nitrogens is 1. The maximum Gasteiger partial charge on any atom is 0.280 e. The zero-order chi connectivity index (χ0) is 18.4. The van der Waals surface area contributed by atoms with Crippen LogP contribution < -0.4 is 10.3 Å². The van der Waals surface area contributed by atoms with Crippen LogP contribution in [0, 0.1) is 0 Å². The molecule has 1 heterocycles. The van der Waals surface area contributed by atoms with Gasteiger partial charge in [0, 0.05) is 32.5 Å². The fourth-order valence-electron chi connectivity index (χ4n) is 2.51. The Morgan fingerprint density at radius 3 is 2.42 bits per heavy atom. The molecule has 134 valence electrons. The Balaban J connectivity index is 1.51. The monoisotopic (exact) mass is 352 g/mol. The van der Waals surface area contributed by atoms with Crippen LogP contribution in [-0.4, -0.2) is 23.0 Å². The molecule has 26 heavy (non-hydrogen) atoms. The zero-order valence-electron chi connectivity index (χ0n) is 14.5. The molecule has 3 rings (SSSR count). The van der Waals surface area contributed by atoms with Crippen LogP contribution in [0.25, 0.3) is 0 Å². The number of aryl methyl sites for hydroxylation is 1. The van der Waals surface area contributed by atoms with Gasteiger partial charge >= 0.3 is 0 Å². The normalized spacial score (nSPS) is 10.5. The largest absolute Gasteiger partial charge is 0.457 e. The second kappa shape index (κ2) is 8.20. The van der Waals surface area contributed by atoms with Crippen molar-refractivity contribution in [3.05, 3.63) is 82.3 Å². The lowest BCUT2D eigenvalue weighted by molar-refractivity contribution is -0.130. The summed E-state index contributed by atoms with van der Waals surface area (Å²) >= 11 is 0. The molecule has 1 amide bonds. The van der Waals surface area contributed by atoms with E-state index in [9.17, 15) is 9.59 Å². The number of hydrogen-bond donors (Lipinski definition) is 1. The number of para-hydroxylation sites is 1. The SMILES string of the molecule is CN(Cc1ccc(Oc2ccccc2)cc1)C(=O)CCc1cc(=O)[nH]o1. The highest BCUT2D eigenvalue weighted by molar-refractivity contribution is 5.76. The lowest BCUT2D eigenvalue weighted by Crippen LogP contribution is -2.26. The Hall–Kier alpha value is -3.28. The first-order valence-corrected chi connectivity index (χ1v) is 8.33. The number of ether oxygens (including phenoxy) is 1. The molecule has 6 heteroatoms. The molecule has 0 saturated heterocycles. The van der Waals surface area contributed by atoms with Crippen molar-refractivity contribution in [2.75, 3.05) is 7.05 Å². The molecule has 6 nitrogen and oxygen atoms in total. The highest BCUT2D eigenvalue weighted by Crippen LogP contribution is 2.21. The van der Waals surface area contributed by atoms with Crippen molar-refractivity contribution in [3.8, 4) is 11.5 Å². The van der Waals surface area contributed by atoms with Crippen LogP contribution in [0.3, 0.4) is 0 Å². The maximum absolute atomic E-state index is 12.2. The first-order valence-electron chi connectivity index (χ1n) is 8.33. The number of hydrogen-bond acceptors (Lipinski definition) is 4. The van der Waals surface area contributed by atoms with E-state index in [0.29, 0.717) is 18.7 Å². The van der Waals surface area contributed by atoms with Crippen molar-refractivity contribution >= 4 is 5.91 Å². The third-order valence-corrected chi connectivity index (χ3v) is 3.91. The highest BCUT2D eigenvalue weighted by Gasteiger charge is 2.11. The third kappa shape index (κ3) is 4.86. The van der Waals surface area contributed by atoms with Crippen molar-refractivity contribution in [2.45, 2.75) is 19.4 Å². The van der Waals surface area contributed by atoms with Gasteiger partial charge in [-0.15, -0.1) is 0 Å². The molecule has 0 radical (unpaired) electrons. The van der Waals surface area contributed by atoms with E-state index in [0.717, 1.165) is 17.1 Å². The summed E-state index contributed by atoms with van der Waals surface area (Å²) in [6.07, 6.45) is 0.679. The number of amides is 1. The third-order valence-electron chi connectivity index (χ3n) is 3.91. The summed E-state index contributed by atoms with van der Waals surface area (Å²) in [5, 5.41) is 2.22. The maximum atomic E-state index is 12.2. The lowest BCUT2D eigenvalue weighted by Gasteiger charge is -2.17. The Bertz CT molecular complexity index is 897. The number of carbonyl (C=O) groups is 1. The van der Waals surface area contributed by atoms with Gasteiger partial charge in [0.2, 0.25) is 5.91 Å². The smallest absolute Gasteiger partial charge is 0.280 e. The van der Waals surface area contributed by atoms with E-state index in [1.807, 2.05) is 54.6 Å². The predicted octanol–water partition coefficient (Wildman–Crippen LogP) is 3.35. The predicted molar refractivity (Wildman–Crippen MR) is 97.1 cm³/mol. The molecule has 0 aliphatic heterocycles. The van der Waals surface area contributed by atoms with Crippen molar-refractivity contribution in [2.24, 2.45) is 0 Å². The van der Waals surface area contributed by atoms with Gasteiger partial charge in [0.1, 0.15) is 17.3 Å². The van der Waals surface area contributed by atoms with E-state index in [1.165, 1.54) is 6.07 Å². The van der Waals surface area contributed by atoms with Crippen LogP contribution in [0.5, 0.6) is 11.5 Å². The molecule has 0 fully saturated rings. The van der Waals surface area contributed by atoms with Crippen LogP contribution in [-0.2, 0) is 17.8 Å². The summed E-state index contributed by atoms with van der Waals surface area (Å²) in [5.74, 6) is 2.00. The fraction of sp³-hybridized carbons (Fsp3) is 0.200. The fourth-order valence-corrected chi connectivity index (χ4v) is 2.51. The van der Waals surface area contributed by atoms with Crippen LogP contribution in [0.2, 0.25) is 0 Å². The van der Waals surface area contributed by atoms with Gasteiger partial charge in [-0.3, -0.25) is 9.59 Å². The minimum atomic E-state index is -0.293. The molecule has 2 aromatic carbocycles. The average molecular weight is 352 g/mol. The average Bonchev–Trinajstić information content (AvgIpc) is 3.07. The van der Waals surface area contributed by atoms with Gasteiger partial charge in [-0.1, -0.05) is 30.3 Å². The summed E-state index contributed by atoms with van der Waals surface area (Å²) < 4.78 is 10.7. The van der Waals surface area contributed by atoms with Gasteiger partial charge in [-0.2, -0.15) is 5.16 Å². The minimum absolute atomic E-state index is 0.0153. The molecule has 1 aromatic heterocycles. The van der Waals surface area contributed by atoms with Crippen LogP contribution in [0.1, 0.15) is 17.7 Å². The van der Waals surface area contributed by atoms with Crippen LogP contribution >= 0.6 is 0 Å². The Kier molecular flexibility index (Phi) is 5.53. The van der Waals surface area contributed by atoms with Gasteiger partial charge in [0.25, 0.3) is 5.56 Å². The lowest BCUT2D eigenvalue weighted by atomic mass is 10.2. The molecule has 0 saturated carbocycles. The first-order chi connectivity index (χ1) is 12.6. The summed E-state index contributed by atoms with van der Waals surface area (Å²) in [7, 11) is 1.75. The second-order valence-electron chi connectivity index (χ2n) is 5.99.